The summed E-state index contributed by atoms with van der Waals surface area (Å²) in [6.45, 7) is 2.91. The molecule has 2 aromatic rings. The van der Waals surface area contributed by atoms with Crippen molar-refractivity contribution in [1.29, 1.82) is 0 Å². The summed E-state index contributed by atoms with van der Waals surface area (Å²) in [5, 5.41) is 0. The summed E-state index contributed by atoms with van der Waals surface area (Å²) in [5.74, 6) is 0.780. The van der Waals surface area contributed by atoms with Gasteiger partial charge in [0.05, 0.1) is 29.8 Å². The van der Waals surface area contributed by atoms with E-state index >= 15 is 0 Å². The Hall–Kier alpha value is -2.62. The molecule has 0 unspecified atom stereocenters. The van der Waals surface area contributed by atoms with Crippen LogP contribution in [0.25, 0.3) is 0 Å². The topological polar surface area (TPSA) is 41.9 Å². The van der Waals surface area contributed by atoms with E-state index in [4.69, 9.17) is 4.74 Å². The maximum absolute atomic E-state index is 12.3. The van der Waals surface area contributed by atoms with Gasteiger partial charge < -0.3 is 9.64 Å². The standard InChI is InChI=1S/C25H32N2O2/c1-3-4-5-6-7-8-9-13-18-29-25-21-16-17-22(23(25)24(21)28)26-19-27(2)20-14-11-10-12-15-20/h10-12,14-17,19H,3-9,13,18H2,1-2H3. The SMILES string of the molecule is CCCCCCCCCCOc1c2ccc(N=CN(C)c3ccccc3)c1C2=O. The minimum absolute atomic E-state index is 0.0490. The molecule has 0 heterocycles. The Balaban J connectivity index is 1.48. The van der Waals surface area contributed by atoms with Gasteiger partial charge in [0.25, 0.3) is 0 Å². The maximum Gasteiger partial charge on any atom is 0.202 e. The number of hydrogen-bond acceptors (Lipinski definition) is 3. The molecule has 4 heteroatoms. The second kappa shape index (κ2) is 10.8. The normalized spacial score (nSPS) is 12.3. The molecule has 29 heavy (non-hydrogen) atoms. The molecule has 0 radical (unpaired) electrons. The highest BCUT2D eigenvalue weighted by Gasteiger charge is 2.34. The van der Waals surface area contributed by atoms with Crippen LogP contribution in [0, 0.1) is 0 Å². The van der Waals surface area contributed by atoms with Crippen LogP contribution < -0.4 is 9.64 Å². The van der Waals surface area contributed by atoms with E-state index in [9.17, 15) is 4.79 Å². The molecule has 4 nitrogen and oxygen atoms in total. The van der Waals surface area contributed by atoms with Crippen molar-refractivity contribution < 1.29 is 9.53 Å². The summed E-state index contributed by atoms with van der Waals surface area (Å²) >= 11 is 0. The highest BCUT2D eigenvalue weighted by atomic mass is 16.5. The van der Waals surface area contributed by atoms with Gasteiger partial charge in [-0.2, -0.15) is 0 Å². The zero-order valence-electron chi connectivity index (χ0n) is 17.7. The summed E-state index contributed by atoms with van der Waals surface area (Å²) in [6.07, 6.45) is 11.9. The summed E-state index contributed by atoms with van der Waals surface area (Å²) in [6, 6.07) is 13.7. The van der Waals surface area contributed by atoms with E-state index in [1.807, 2.05) is 54.4 Å². The number of fused-ring (bicyclic) bond motifs is 2. The summed E-state index contributed by atoms with van der Waals surface area (Å²) in [5.41, 5.74) is 3.04. The van der Waals surface area contributed by atoms with Gasteiger partial charge in [0.1, 0.15) is 5.75 Å². The number of rotatable bonds is 13. The van der Waals surface area contributed by atoms with Gasteiger partial charge in [-0.15, -0.1) is 0 Å². The van der Waals surface area contributed by atoms with E-state index < -0.39 is 0 Å². The van der Waals surface area contributed by atoms with Gasteiger partial charge in [-0.1, -0.05) is 70.1 Å². The largest absolute Gasteiger partial charge is 0.492 e. The van der Waals surface area contributed by atoms with Crippen molar-refractivity contribution in [3.8, 4) is 5.75 Å². The number of carbonyl (C=O) groups is 1. The van der Waals surface area contributed by atoms with E-state index in [-0.39, 0.29) is 5.78 Å². The number of ketones is 1. The van der Waals surface area contributed by atoms with E-state index in [2.05, 4.69) is 11.9 Å². The Kier molecular flexibility index (Phi) is 7.85. The Morgan fingerprint density at radius 1 is 0.931 bits per heavy atom. The first kappa shape index (κ1) is 21.1. The Morgan fingerprint density at radius 3 is 2.31 bits per heavy atom. The molecule has 0 aromatic heterocycles. The number of anilines is 1. The van der Waals surface area contributed by atoms with Gasteiger partial charge in [-0.05, 0) is 30.7 Å². The highest BCUT2D eigenvalue weighted by molar-refractivity contribution is 6.24. The number of ether oxygens (including phenoxy) is 1. The first-order valence-electron chi connectivity index (χ1n) is 10.9. The van der Waals surface area contributed by atoms with Crippen LogP contribution in [-0.4, -0.2) is 25.8 Å². The number of hydrogen-bond donors (Lipinski definition) is 0. The van der Waals surface area contributed by atoms with Crippen molar-refractivity contribution in [3.63, 3.8) is 0 Å². The lowest BCUT2D eigenvalue weighted by molar-refractivity contribution is 0.100. The van der Waals surface area contributed by atoms with Gasteiger partial charge >= 0.3 is 0 Å². The molecule has 2 aliphatic carbocycles. The Morgan fingerprint density at radius 2 is 1.62 bits per heavy atom. The van der Waals surface area contributed by atoms with E-state index in [1.54, 1.807) is 6.34 Å². The van der Waals surface area contributed by atoms with Crippen molar-refractivity contribution >= 4 is 23.5 Å². The zero-order valence-corrected chi connectivity index (χ0v) is 17.7. The van der Waals surface area contributed by atoms with Crippen LogP contribution in [0.3, 0.4) is 0 Å². The maximum atomic E-state index is 12.3. The molecule has 0 spiro atoms. The van der Waals surface area contributed by atoms with Crippen LogP contribution in [0.4, 0.5) is 11.4 Å². The van der Waals surface area contributed by atoms with Crippen LogP contribution in [0.5, 0.6) is 5.75 Å². The van der Waals surface area contributed by atoms with E-state index in [1.165, 1.54) is 44.9 Å². The fraction of sp³-hybridized carbons (Fsp3) is 0.440. The molecule has 2 aromatic carbocycles. The van der Waals surface area contributed by atoms with Crippen LogP contribution in [-0.2, 0) is 0 Å². The number of unbranched alkanes of at least 4 members (excludes halogenated alkanes) is 7. The molecule has 4 rings (SSSR count). The summed E-state index contributed by atoms with van der Waals surface area (Å²) < 4.78 is 5.94. The van der Waals surface area contributed by atoms with Crippen LogP contribution in [0.1, 0.15) is 74.2 Å². The van der Waals surface area contributed by atoms with E-state index in [0.29, 0.717) is 23.4 Å². The van der Waals surface area contributed by atoms with Gasteiger partial charge in [-0.25, -0.2) is 4.99 Å². The number of carbonyl (C=O) groups excluding carboxylic acids is 1. The van der Waals surface area contributed by atoms with Gasteiger partial charge in [0.15, 0.2) is 0 Å². The lowest BCUT2D eigenvalue weighted by Crippen LogP contribution is -2.19. The molecule has 0 saturated heterocycles. The van der Waals surface area contributed by atoms with Crippen LogP contribution >= 0.6 is 0 Å². The monoisotopic (exact) mass is 392 g/mol. The lowest BCUT2D eigenvalue weighted by atomic mass is 9.87. The predicted molar refractivity (Wildman–Crippen MR) is 121 cm³/mol. The molecule has 0 aliphatic heterocycles. The molecule has 2 bridgehead atoms. The van der Waals surface area contributed by atoms with Crippen molar-refractivity contribution in [2.45, 2.75) is 58.3 Å². The lowest BCUT2D eigenvalue weighted by Gasteiger charge is -2.24. The second-order valence-corrected chi connectivity index (χ2v) is 7.68. The molecule has 0 fully saturated rings. The quantitative estimate of drug-likeness (QED) is 0.188. The molecular weight excluding hydrogens is 360 g/mol. The number of nitrogens with zero attached hydrogens (tertiary/aromatic N) is 2. The highest BCUT2D eigenvalue weighted by Crippen LogP contribution is 2.43. The average Bonchev–Trinajstić information content (AvgIpc) is 2.76. The Bertz CT molecular complexity index is 830. The second-order valence-electron chi connectivity index (χ2n) is 7.68. The van der Waals surface area contributed by atoms with E-state index in [0.717, 1.165) is 17.9 Å². The molecule has 2 aliphatic rings. The van der Waals surface area contributed by atoms with Gasteiger partial charge in [0, 0.05) is 12.7 Å². The van der Waals surface area contributed by atoms with Gasteiger partial charge in [-0.3, -0.25) is 4.79 Å². The molecule has 0 saturated carbocycles. The first-order chi connectivity index (χ1) is 14.2. The average molecular weight is 393 g/mol. The van der Waals surface area contributed by atoms with Crippen molar-refractivity contribution in [2.24, 2.45) is 4.99 Å². The predicted octanol–water partition coefficient (Wildman–Crippen LogP) is 6.55. The fourth-order valence-electron chi connectivity index (χ4n) is 3.59. The fourth-order valence-corrected chi connectivity index (χ4v) is 3.59. The zero-order chi connectivity index (χ0) is 20.5. The summed E-state index contributed by atoms with van der Waals surface area (Å²) in [7, 11) is 1.94. The van der Waals surface area contributed by atoms with Crippen LogP contribution in [0.2, 0.25) is 0 Å². The molecule has 0 amide bonds. The molecule has 0 N–H and O–H groups in total. The van der Waals surface area contributed by atoms with Crippen molar-refractivity contribution in [2.75, 3.05) is 18.6 Å². The Labute approximate surface area is 174 Å². The third-order valence-corrected chi connectivity index (χ3v) is 5.39. The third-order valence-electron chi connectivity index (χ3n) is 5.39. The molecule has 154 valence electrons. The van der Waals surface area contributed by atoms with Crippen LogP contribution in [0.15, 0.2) is 47.5 Å². The number of benzene rings is 2. The van der Waals surface area contributed by atoms with Gasteiger partial charge in [0.2, 0.25) is 5.78 Å². The number of aliphatic imine (C=N–C) groups is 1. The first-order valence-corrected chi connectivity index (χ1v) is 10.9. The minimum Gasteiger partial charge on any atom is -0.492 e. The summed E-state index contributed by atoms with van der Waals surface area (Å²) in [4.78, 5) is 18.8. The number of para-hydroxylation sites is 1. The molecule has 0 atom stereocenters. The smallest absolute Gasteiger partial charge is 0.202 e. The minimum atomic E-state index is 0.0490. The van der Waals surface area contributed by atoms with Crippen molar-refractivity contribution in [1.82, 2.24) is 0 Å². The molecular formula is C25H32N2O2. The van der Waals surface area contributed by atoms with Crippen molar-refractivity contribution in [3.05, 3.63) is 53.6 Å². The third kappa shape index (κ3) is 5.47.